The molecule has 5 heteroatoms. The summed E-state index contributed by atoms with van der Waals surface area (Å²) in [5.74, 6) is 2.34. The van der Waals surface area contributed by atoms with Gasteiger partial charge in [0, 0.05) is 45.1 Å². The zero-order valence-corrected chi connectivity index (χ0v) is 19.7. The van der Waals surface area contributed by atoms with Crippen LogP contribution in [0.3, 0.4) is 0 Å². The van der Waals surface area contributed by atoms with Gasteiger partial charge in [0.15, 0.2) is 0 Å². The number of benzene rings is 2. The fraction of sp³-hybridized carbons (Fsp3) is 0.519. The summed E-state index contributed by atoms with van der Waals surface area (Å²) in [6.45, 7) is 8.60. The first-order valence-electron chi connectivity index (χ1n) is 12.0. The van der Waals surface area contributed by atoms with Gasteiger partial charge in [0.1, 0.15) is 17.1 Å². The van der Waals surface area contributed by atoms with Gasteiger partial charge in [-0.3, -0.25) is 9.69 Å². The molecule has 1 fully saturated rings. The molecule has 1 saturated heterocycles. The van der Waals surface area contributed by atoms with Crippen LogP contribution in [0.1, 0.15) is 56.6 Å². The van der Waals surface area contributed by atoms with Gasteiger partial charge in [-0.1, -0.05) is 30.3 Å². The van der Waals surface area contributed by atoms with Crippen LogP contribution in [-0.2, 0) is 11.3 Å². The fourth-order valence-corrected chi connectivity index (χ4v) is 5.26. The van der Waals surface area contributed by atoms with Crippen molar-refractivity contribution in [2.45, 2.75) is 57.6 Å². The Morgan fingerprint density at radius 3 is 2.44 bits per heavy atom. The number of nitrogens with zero attached hydrogens (tertiary/aromatic N) is 2. The molecule has 0 bridgehead atoms. The number of fused-ring (bicyclic) bond motifs is 1. The van der Waals surface area contributed by atoms with Crippen LogP contribution in [0.25, 0.3) is 0 Å². The highest BCUT2D eigenvalue weighted by Crippen LogP contribution is 2.46. The second-order valence-electron chi connectivity index (χ2n) is 9.12. The van der Waals surface area contributed by atoms with Gasteiger partial charge in [0.2, 0.25) is 5.91 Å². The zero-order chi connectivity index (χ0) is 22.6. The van der Waals surface area contributed by atoms with Crippen molar-refractivity contribution >= 4 is 5.91 Å². The van der Waals surface area contributed by atoms with Crippen LogP contribution in [0.15, 0.2) is 48.5 Å². The zero-order valence-electron chi connectivity index (χ0n) is 19.7. The number of hydrogen-bond acceptors (Lipinski definition) is 4. The predicted molar refractivity (Wildman–Crippen MR) is 127 cm³/mol. The molecule has 0 unspecified atom stereocenters. The summed E-state index contributed by atoms with van der Waals surface area (Å²) in [4.78, 5) is 17.4. The lowest BCUT2D eigenvalue weighted by molar-refractivity contribution is -0.131. The van der Waals surface area contributed by atoms with E-state index in [1.165, 1.54) is 11.1 Å². The van der Waals surface area contributed by atoms with E-state index in [4.69, 9.17) is 9.47 Å². The number of para-hydroxylation sites is 1. The van der Waals surface area contributed by atoms with Crippen LogP contribution < -0.4 is 9.47 Å². The molecule has 0 aliphatic carbocycles. The number of ether oxygens (including phenoxy) is 2. The average Bonchev–Trinajstić information content (AvgIpc) is 2.82. The summed E-state index contributed by atoms with van der Waals surface area (Å²) in [5, 5.41) is 0. The van der Waals surface area contributed by atoms with Crippen LogP contribution in [0, 0.1) is 0 Å². The fourth-order valence-electron chi connectivity index (χ4n) is 5.26. The summed E-state index contributed by atoms with van der Waals surface area (Å²) in [6, 6.07) is 16.7. The summed E-state index contributed by atoms with van der Waals surface area (Å²) in [7, 11) is 1.70. The lowest BCUT2D eigenvalue weighted by Crippen LogP contribution is -2.50. The van der Waals surface area contributed by atoms with Crippen molar-refractivity contribution in [1.82, 2.24) is 9.80 Å². The van der Waals surface area contributed by atoms with Crippen molar-refractivity contribution in [3.05, 3.63) is 59.7 Å². The first kappa shape index (κ1) is 22.7. The van der Waals surface area contributed by atoms with Gasteiger partial charge in [-0.15, -0.1) is 0 Å². The Morgan fingerprint density at radius 1 is 1.09 bits per heavy atom. The highest BCUT2D eigenvalue weighted by molar-refractivity contribution is 5.77. The molecule has 2 aliphatic heterocycles. The number of hydrogen-bond donors (Lipinski definition) is 0. The third-order valence-corrected chi connectivity index (χ3v) is 7.17. The normalized spacial score (nSPS) is 19.8. The Kier molecular flexibility index (Phi) is 7.04. The van der Waals surface area contributed by atoms with Crippen molar-refractivity contribution in [1.29, 1.82) is 0 Å². The number of likely N-dealkylation sites (tertiary alicyclic amines) is 1. The van der Waals surface area contributed by atoms with Crippen LogP contribution in [-0.4, -0.2) is 54.6 Å². The minimum atomic E-state index is -0.168. The molecule has 32 heavy (non-hydrogen) atoms. The molecule has 2 aromatic rings. The average molecular weight is 437 g/mol. The van der Waals surface area contributed by atoms with Gasteiger partial charge in [-0.05, 0) is 62.4 Å². The summed E-state index contributed by atoms with van der Waals surface area (Å²) >= 11 is 0. The molecule has 4 rings (SSSR count). The van der Waals surface area contributed by atoms with Crippen LogP contribution >= 0.6 is 0 Å². The minimum Gasteiger partial charge on any atom is -0.497 e. The van der Waals surface area contributed by atoms with Crippen molar-refractivity contribution < 1.29 is 14.3 Å². The second-order valence-corrected chi connectivity index (χ2v) is 9.12. The monoisotopic (exact) mass is 436 g/mol. The number of amides is 1. The minimum absolute atomic E-state index is 0.168. The summed E-state index contributed by atoms with van der Waals surface area (Å²) in [6.07, 6.45) is 3.48. The maximum absolute atomic E-state index is 12.9. The van der Waals surface area contributed by atoms with Crippen LogP contribution in [0.5, 0.6) is 11.5 Å². The van der Waals surface area contributed by atoms with E-state index in [9.17, 15) is 4.79 Å². The molecule has 0 aromatic heterocycles. The maximum atomic E-state index is 12.9. The first-order chi connectivity index (χ1) is 15.6. The van der Waals surface area contributed by atoms with E-state index in [0.717, 1.165) is 63.5 Å². The van der Waals surface area contributed by atoms with E-state index in [0.29, 0.717) is 6.42 Å². The lowest BCUT2D eigenvalue weighted by atomic mass is 9.76. The number of rotatable bonds is 7. The highest BCUT2D eigenvalue weighted by Gasteiger charge is 2.43. The second kappa shape index (κ2) is 9.95. The SMILES string of the molecule is CCN(CC)C(=O)C[C@@H]1CC2(CCN(Cc3ccc(OC)cc3)CC2)Oc2ccccc21. The molecule has 0 radical (unpaired) electrons. The Labute approximate surface area is 192 Å². The van der Waals surface area contributed by atoms with Gasteiger partial charge in [-0.25, -0.2) is 0 Å². The molecule has 1 spiro atoms. The van der Waals surface area contributed by atoms with Crippen LogP contribution in [0.4, 0.5) is 0 Å². The molecule has 1 amide bonds. The quantitative estimate of drug-likeness (QED) is 0.622. The Bertz CT molecular complexity index is 899. The van der Waals surface area contributed by atoms with Gasteiger partial charge >= 0.3 is 0 Å². The number of piperidine rings is 1. The van der Waals surface area contributed by atoms with Gasteiger partial charge in [0.25, 0.3) is 0 Å². The molecule has 172 valence electrons. The molecule has 1 atom stereocenters. The number of methoxy groups -OCH3 is 1. The van der Waals surface area contributed by atoms with Gasteiger partial charge < -0.3 is 14.4 Å². The molecule has 2 heterocycles. The van der Waals surface area contributed by atoms with E-state index < -0.39 is 0 Å². The largest absolute Gasteiger partial charge is 0.497 e. The topological polar surface area (TPSA) is 42.0 Å². The predicted octanol–water partition coefficient (Wildman–Crippen LogP) is 4.85. The molecule has 0 saturated carbocycles. The summed E-state index contributed by atoms with van der Waals surface area (Å²) in [5.41, 5.74) is 2.33. The van der Waals surface area contributed by atoms with E-state index in [1.54, 1.807) is 7.11 Å². The van der Waals surface area contributed by atoms with E-state index in [2.05, 4.69) is 49.1 Å². The summed E-state index contributed by atoms with van der Waals surface area (Å²) < 4.78 is 11.9. The number of carbonyl (C=O) groups is 1. The maximum Gasteiger partial charge on any atom is 0.223 e. The molecule has 2 aliphatic rings. The molecule has 5 nitrogen and oxygen atoms in total. The Balaban J connectivity index is 1.44. The molecule has 2 aromatic carbocycles. The van der Waals surface area contributed by atoms with Crippen molar-refractivity contribution in [2.24, 2.45) is 0 Å². The first-order valence-corrected chi connectivity index (χ1v) is 12.0. The van der Waals surface area contributed by atoms with Gasteiger partial charge in [0.05, 0.1) is 7.11 Å². The van der Waals surface area contributed by atoms with Crippen LogP contribution in [0.2, 0.25) is 0 Å². The van der Waals surface area contributed by atoms with E-state index >= 15 is 0 Å². The molecular formula is C27H36N2O3. The third kappa shape index (κ3) is 4.93. The molecular weight excluding hydrogens is 400 g/mol. The standard InChI is InChI=1S/C27H36N2O3/c1-4-29(5-2)26(30)18-22-19-27(32-25-9-7-6-8-24(22)25)14-16-28(17-15-27)20-21-10-12-23(31-3)13-11-21/h6-13,22H,4-5,14-20H2,1-3H3/t22-/m1/s1. The van der Waals surface area contributed by atoms with E-state index in [1.807, 2.05) is 23.1 Å². The third-order valence-electron chi connectivity index (χ3n) is 7.17. The van der Waals surface area contributed by atoms with E-state index in [-0.39, 0.29) is 17.4 Å². The lowest BCUT2D eigenvalue weighted by Gasteiger charge is -2.47. The number of carbonyl (C=O) groups excluding carboxylic acids is 1. The van der Waals surface area contributed by atoms with Crippen molar-refractivity contribution in [2.75, 3.05) is 33.3 Å². The highest BCUT2D eigenvalue weighted by atomic mass is 16.5. The molecule has 0 N–H and O–H groups in total. The smallest absolute Gasteiger partial charge is 0.223 e. The van der Waals surface area contributed by atoms with Crippen molar-refractivity contribution in [3.63, 3.8) is 0 Å². The Morgan fingerprint density at radius 2 is 1.78 bits per heavy atom. The Hall–Kier alpha value is -2.53. The van der Waals surface area contributed by atoms with Gasteiger partial charge in [-0.2, -0.15) is 0 Å². The van der Waals surface area contributed by atoms with Crippen molar-refractivity contribution in [3.8, 4) is 11.5 Å².